The van der Waals surface area contributed by atoms with Gasteiger partial charge in [-0.3, -0.25) is 9.69 Å². The minimum atomic E-state index is -0.993. The number of likely N-dealkylation sites (tertiary alicyclic amines) is 1. The number of nitrogens with zero attached hydrogens (tertiary/aromatic N) is 2. The zero-order valence-electron chi connectivity index (χ0n) is 22.6. The van der Waals surface area contributed by atoms with E-state index in [1.54, 1.807) is 0 Å². The van der Waals surface area contributed by atoms with Crippen LogP contribution in [0.1, 0.15) is 80.3 Å². The Hall–Kier alpha value is -2.71. The van der Waals surface area contributed by atoms with Crippen molar-refractivity contribution < 1.29 is 23.8 Å². The molecule has 0 bridgehead atoms. The number of nitrogens with one attached hydrogen (secondary N) is 1. The SMILES string of the molecule is COc1c(F)cc(C2(C)CC2)cc1C(C(=O)O)N1CC[C@@H](OCCCCCc2ccc3c(n2)NCCC3)C1. The van der Waals surface area contributed by atoms with E-state index in [1.807, 2.05) is 11.0 Å². The molecule has 2 fully saturated rings. The predicted molar refractivity (Wildman–Crippen MR) is 144 cm³/mol. The lowest BCUT2D eigenvalue weighted by molar-refractivity contribution is -0.143. The van der Waals surface area contributed by atoms with Crippen molar-refractivity contribution in [3.05, 3.63) is 52.5 Å². The molecule has 2 N–H and O–H groups in total. The number of carboxylic acid groups (broad SMARTS) is 1. The number of carbonyl (C=O) groups is 1. The van der Waals surface area contributed by atoms with Crippen molar-refractivity contribution in [2.24, 2.45) is 0 Å². The second-order valence-corrected chi connectivity index (χ2v) is 11.3. The Balaban J connectivity index is 1.11. The van der Waals surface area contributed by atoms with Crippen molar-refractivity contribution in [3.63, 3.8) is 0 Å². The summed E-state index contributed by atoms with van der Waals surface area (Å²) in [6.07, 6.45) is 9.02. The maximum absolute atomic E-state index is 14.9. The number of carboxylic acids is 1. The van der Waals surface area contributed by atoms with Gasteiger partial charge in [-0.2, -0.15) is 0 Å². The number of fused-ring (bicyclic) bond motifs is 1. The minimum Gasteiger partial charge on any atom is -0.493 e. The first-order valence-corrected chi connectivity index (χ1v) is 14.1. The molecule has 1 aromatic heterocycles. The Morgan fingerprint density at radius 3 is 2.89 bits per heavy atom. The molecule has 1 aliphatic carbocycles. The summed E-state index contributed by atoms with van der Waals surface area (Å²) in [5.41, 5.74) is 3.63. The molecule has 3 aliphatic rings. The van der Waals surface area contributed by atoms with Gasteiger partial charge in [0.1, 0.15) is 11.9 Å². The van der Waals surface area contributed by atoms with Crippen molar-refractivity contribution in [1.82, 2.24) is 9.88 Å². The first-order valence-electron chi connectivity index (χ1n) is 14.1. The molecule has 1 unspecified atom stereocenters. The number of aromatic nitrogens is 1. The highest BCUT2D eigenvalue weighted by Crippen LogP contribution is 2.49. The number of aliphatic carboxylic acids is 1. The van der Waals surface area contributed by atoms with E-state index in [0.29, 0.717) is 25.3 Å². The van der Waals surface area contributed by atoms with Gasteiger partial charge in [-0.1, -0.05) is 19.4 Å². The third kappa shape index (κ3) is 5.96. The Labute approximate surface area is 224 Å². The number of anilines is 1. The van der Waals surface area contributed by atoms with Gasteiger partial charge in [-0.15, -0.1) is 0 Å². The van der Waals surface area contributed by atoms with E-state index >= 15 is 0 Å². The fraction of sp³-hybridized carbons (Fsp3) is 0.600. The normalized spacial score (nSPS) is 21.0. The van der Waals surface area contributed by atoms with Crippen LogP contribution in [-0.2, 0) is 27.8 Å². The fourth-order valence-corrected chi connectivity index (χ4v) is 5.81. The lowest BCUT2D eigenvalue weighted by Crippen LogP contribution is -2.34. The summed E-state index contributed by atoms with van der Waals surface area (Å²) >= 11 is 0. The maximum Gasteiger partial charge on any atom is 0.325 e. The third-order valence-electron chi connectivity index (χ3n) is 8.43. The summed E-state index contributed by atoms with van der Waals surface area (Å²) in [6.45, 7) is 4.85. The van der Waals surface area contributed by atoms with Crippen LogP contribution < -0.4 is 10.1 Å². The molecule has 0 radical (unpaired) electrons. The molecule has 8 heteroatoms. The van der Waals surface area contributed by atoms with Crippen LogP contribution in [0.5, 0.6) is 5.75 Å². The van der Waals surface area contributed by atoms with Crippen LogP contribution in [0.2, 0.25) is 0 Å². The second kappa shape index (κ2) is 11.6. The third-order valence-corrected chi connectivity index (χ3v) is 8.43. The molecular weight excluding hydrogens is 485 g/mol. The van der Waals surface area contributed by atoms with Crippen LogP contribution in [0.4, 0.5) is 10.2 Å². The molecule has 3 heterocycles. The average molecular weight is 526 g/mol. The Bertz CT molecular complexity index is 1150. The first kappa shape index (κ1) is 26.9. The topological polar surface area (TPSA) is 83.9 Å². The van der Waals surface area contributed by atoms with E-state index in [9.17, 15) is 14.3 Å². The fourth-order valence-electron chi connectivity index (χ4n) is 5.81. The predicted octanol–water partition coefficient (Wildman–Crippen LogP) is 5.27. The molecule has 206 valence electrons. The summed E-state index contributed by atoms with van der Waals surface area (Å²) < 4.78 is 26.4. The lowest BCUT2D eigenvalue weighted by atomic mass is 9.92. The number of hydrogen-bond donors (Lipinski definition) is 2. The molecule has 0 amide bonds. The molecular formula is C30H40FN3O4. The van der Waals surface area contributed by atoms with Crippen LogP contribution in [0, 0.1) is 5.82 Å². The van der Waals surface area contributed by atoms with Gasteiger partial charge in [0.25, 0.3) is 0 Å². The smallest absolute Gasteiger partial charge is 0.325 e. The average Bonchev–Trinajstić information content (AvgIpc) is 3.50. The summed E-state index contributed by atoms with van der Waals surface area (Å²) in [4.78, 5) is 19.1. The van der Waals surface area contributed by atoms with Crippen molar-refractivity contribution >= 4 is 11.8 Å². The molecule has 1 saturated carbocycles. The number of pyridine rings is 1. The van der Waals surface area contributed by atoms with E-state index in [-0.39, 0.29) is 17.3 Å². The van der Waals surface area contributed by atoms with E-state index in [4.69, 9.17) is 14.5 Å². The highest BCUT2D eigenvalue weighted by molar-refractivity contribution is 5.77. The van der Waals surface area contributed by atoms with E-state index < -0.39 is 17.8 Å². The quantitative estimate of drug-likeness (QED) is 0.365. The largest absolute Gasteiger partial charge is 0.493 e. The molecule has 0 spiro atoms. The molecule has 2 aliphatic heterocycles. The van der Waals surface area contributed by atoms with E-state index in [0.717, 1.165) is 75.0 Å². The number of halogens is 1. The maximum atomic E-state index is 14.9. The van der Waals surface area contributed by atoms with Gasteiger partial charge < -0.3 is 19.9 Å². The van der Waals surface area contributed by atoms with Crippen molar-refractivity contribution in [1.29, 1.82) is 0 Å². The second-order valence-electron chi connectivity index (χ2n) is 11.3. The van der Waals surface area contributed by atoms with Crippen LogP contribution in [0.25, 0.3) is 0 Å². The molecule has 38 heavy (non-hydrogen) atoms. The van der Waals surface area contributed by atoms with Crippen molar-refractivity contribution in [3.8, 4) is 5.75 Å². The first-order chi connectivity index (χ1) is 18.4. The zero-order valence-corrected chi connectivity index (χ0v) is 22.6. The summed E-state index contributed by atoms with van der Waals surface area (Å²) in [5, 5.41) is 13.6. The molecule has 2 atom stereocenters. The van der Waals surface area contributed by atoms with Gasteiger partial charge in [0.15, 0.2) is 11.6 Å². The number of aryl methyl sites for hydroxylation is 2. The van der Waals surface area contributed by atoms with E-state index in [1.165, 1.54) is 25.2 Å². The number of rotatable bonds is 12. The molecule has 2 aromatic rings. The Morgan fingerprint density at radius 1 is 1.29 bits per heavy atom. The van der Waals surface area contributed by atoms with E-state index in [2.05, 4.69) is 24.4 Å². The van der Waals surface area contributed by atoms with Crippen molar-refractivity contribution in [2.45, 2.75) is 82.3 Å². The lowest BCUT2D eigenvalue weighted by Gasteiger charge is -2.27. The molecule has 7 nitrogen and oxygen atoms in total. The number of hydrogen-bond acceptors (Lipinski definition) is 6. The number of benzene rings is 1. The Morgan fingerprint density at radius 2 is 2.13 bits per heavy atom. The van der Waals surface area contributed by atoms with Gasteiger partial charge in [0.05, 0.1) is 13.2 Å². The number of ether oxygens (including phenoxy) is 2. The zero-order chi connectivity index (χ0) is 26.7. The van der Waals surface area contributed by atoms with Gasteiger partial charge in [0.2, 0.25) is 0 Å². The van der Waals surface area contributed by atoms with Crippen LogP contribution in [0.3, 0.4) is 0 Å². The molecule has 1 saturated heterocycles. The number of methoxy groups -OCH3 is 1. The van der Waals surface area contributed by atoms with Crippen LogP contribution in [0.15, 0.2) is 24.3 Å². The van der Waals surface area contributed by atoms with Gasteiger partial charge in [-0.05, 0) is 86.1 Å². The van der Waals surface area contributed by atoms with Gasteiger partial charge in [0, 0.05) is 37.5 Å². The highest BCUT2D eigenvalue weighted by Gasteiger charge is 2.42. The van der Waals surface area contributed by atoms with Crippen molar-refractivity contribution in [2.75, 3.05) is 38.7 Å². The monoisotopic (exact) mass is 525 g/mol. The highest BCUT2D eigenvalue weighted by atomic mass is 19.1. The van der Waals surface area contributed by atoms with Crippen LogP contribution in [-0.4, -0.2) is 60.4 Å². The summed E-state index contributed by atoms with van der Waals surface area (Å²) in [7, 11) is 1.40. The van der Waals surface area contributed by atoms with Crippen LogP contribution >= 0.6 is 0 Å². The number of unbranched alkanes of at least 4 members (excludes halogenated alkanes) is 2. The minimum absolute atomic E-state index is 0.0230. The molecule has 5 rings (SSSR count). The Kier molecular flexibility index (Phi) is 8.19. The summed E-state index contributed by atoms with van der Waals surface area (Å²) in [5.74, 6) is -0.406. The molecule has 1 aromatic carbocycles. The van der Waals surface area contributed by atoms with Gasteiger partial charge >= 0.3 is 5.97 Å². The summed E-state index contributed by atoms with van der Waals surface area (Å²) in [6, 6.07) is 6.73. The van der Waals surface area contributed by atoms with Gasteiger partial charge in [-0.25, -0.2) is 9.37 Å². The standard InChI is InChI=1S/C30H40FN3O4/c1-30(12-13-30)21-17-24(27(37-2)25(31)18-21)26(29(35)36)34-15-11-23(19-34)38-16-5-3-4-8-22-10-9-20-7-6-14-32-28(20)33-22/h9-10,17-18,23,26H,3-8,11-16,19H2,1-2H3,(H,32,33)(H,35,36)/t23-,26?/m1/s1.